The Hall–Kier alpha value is -0.950. The van der Waals surface area contributed by atoms with Crippen LogP contribution in [-0.4, -0.2) is 31.3 Å². The number of benzene rings is 1. The molecule has 0 amide bonds. The summed E-state index contributed by atoms with van der Waals surface area (Å²) in [7, 11) is -1.95. The van der Waals surface area contributed by atoms with Crippen molar-refractivity contribution in [3.8, 4) is 0 Å². The maximum absolute atomic E-state index is 12.4. The maximum atomic E-state index is 12.4. The van der Waals surface area contributed by atoms with Crippen LogP contribution in [0, 0.1) is 0 Å². The first-order chi connectivity index (χ1) is 9.41. The molecule has 0 aliphatic heterocycles. The predicted octanol–water partition coefficient (Wildman–Crippen LogP) is 3.22. The second-order valence-corrected chi connectivity index (χ2v) is 7.92. The highest BCUT2D eigenvalue weighted by Gasteiger charge is 2.23. The molecule has 0 spiro atoms. The van der Waals surface area contributed by atoms with Gasteiger partial charge in [-0.15, -0.1) is 11.3 Å². The standard InChI is InChI=1S/C13H15ClN2O2S2/c1-10(13-15-6-7-19-13)9-16(2)20(17,18)12-5-3-4-11(14)8-12/h3-8,10H,9H2,1-2H3/t10-/m0/s1. The third-order valence-electron chi connectivity index (χ3n) is 2.91. The smallest absolute Gasteiger partial charge is 0.242 e. The van der Waals surface area contributed by atoms with Gasteiger partial charge in [-0.2, -0.15) is 0 Å². The van der Waals surface area contributed by atoms with E-state index in [1.54, 1.807) is 31.4 Å². The van der Waals surface area contributed by atoms with E-state index >= 15 is 0 Å². The third kappa shape index (κ3) is 3.38. The quantitative estimate of drug-likeness (QED) is 0.845. The van der Waals surface area contributed by atoms with E-state index in [1.165, 1.54) is 21.7 Å². The molecule has 0 aliphatic rings. The van der Waals surface area contributed by atoms with Crippen LogP contribution in [-0.2, 0) is 10.0 Å². The lowest BCUT2D eigenvalue weighted by Gasteiger charge is -2.20. The van der Waals surface area contributed by atoms with Crippen LogP contribution in [0.2, 0.25) is 5.02 Å². The van der Waals surface area contributed by atoms with Gasteiger partial charge in [0.15, 0.2) is 0 Å². The average Bonchev–Trinajstić information content (AvgIpc) is 2.92. The molecule has 0 saturated carbocycles. The van der Waals surface area contributed by atoms with Gasteiger partial charge in [-0.25, -0.2) is 17.7 Å². The van der Waals surface area contributed by atoms with Crippen LogP contribution in [0.25, 0.3) is 0 Å². The largest absolute Gasteiger partial charge is 0.249 e. The van der Waals surface area contributed by atoms with Crippen molar-refractivity contribution in [1.82, 2.24) is 9.29 Å². The van der Waals surface area contributed by atoms with Gasteiger partial charge in [-0.3, -0.25) is 0 Å². The summed E-state index contributed by atoms with van der Waals surface area (Å²) in [6.07, 6.45) is 1.72. The van der Waals surface area contributed by atoms with E-state index < -0.39 is 10.0 Å². The maximum Gasteiger partial charge on any atom is 0.242 e. The summed E-state index contributed by atoms with van der Waals surface area (Å²) < 4.78 is 26.2. The Morgan fingerprint density at radius 2 is 2.20 bits per heavy atom. The van der Waals surface area contributed by atoms with Crippen LogP contribution in [0.15, 0.2) is 40.7 Å². The molecule has 1 aromatic heterocycles. The lowest BCUT2D eigenvalue weighted by atomic mass is 10.2. The Morgan fingerprint density at radius 3 is 2.80 bits per heavy atom. The van der Waals surface area contributed by atoms with Crippen molar-refractivity contribution in [2.45, 2.75) is 17.7 Å². The molecule has 0 saturated heterocycles. The van der Waals surface area contributed by atoms with Gasteiger partial charge in [-0.05, 0) is 18.2 Å². The van der Waals surface area contributed by atoms with E-state index in [-0.39, 0.29) is 10.8 Å². The first-order valence-corrected chi connectivity index (χ1v) is 8.72. The normalized spacial score (nSPS) is 13.6. The van der Waals surface area contributed by atoms with Crippen LogP contribution in [0.1, 0.15) is 17.8 Å². The number of hydrogen-bond donors (Lipinski definition) is 0. The van der Waals surface area contributed by atoms with Crippen molar-refractivity contribution in [3.05, 3.63) is 45.9 Å². The SMILES string of the molecule is C[C@@H](CN(C)S(=O)(=O)c1cccc(Cl)c1)c1nccs1. The summed E-state index contributed by atoms with van der Waals surface area (Å²) in [5.41, 5.74) is 0. The minimum Gasteiger partial charge on any atom is -0.249 e. The number of likely N-dealkylation sites (N-methyl/N-ethyl adjacent to an activating group) is 1. The second-order valence-electron chi connectivity index (χ2n) is 4.51. The molecule has 2 rings (SSSR count). The minimum absolute atomic E-state index is 0.0500. The van der Waals surface area contributed by atoms with Gasteiger partial charge in [0, 0.05) is 36.1 Å². The topological polar surface area (TPSA) is 50.3 Å². The summed E-state index contributed by atoms with van der Waals surface area (Å²) in [6.45, 7) is 2.34. The number of thiazole rings is 1. The van der Waals surface area contributed by atoms with E-state index in [0.717, 1.165) is 5.01 Å². The lowest BCUT2D eigenvalue weighted by Crippen LogP contribution is -2.30. The first kappa shape index (κ1) is 15.4. The molecule has 0 radical (unpaired) electrons. The number of aromatic nitrogens is 1. The van der Waals surface area contributed by atoms with Gasteiger partial charge in [0.25, 0.3) is 0 Å². The van der Waals surface area contributed by atoms with Gasteiger partial charge in [0.1, 0.15) is 0 Å². The fraction of sp³-hybridized carbons (Fsp3) is 0.308. The molecule has 0 aliphatic carbocycles. The van der Waals surface area contributed by atoms with Gasteiger partial charge in [0.05, 0.1) is 9.90 Å². The van der Waals surface area contributed by atoms with E-state index in [2.05, 4.69) is 4.98 Å². The Kier molecular flexibility index (Phi) is 4.80. The molecule has 1 heterocycles. The fourth-order valence-corrected chi connectivity index (χ4v) is 4.10. The minimum atomic E-state index is -3.52. The summed E-state index contributed by atoms with van der Waals surface area (Å²) in [6, 6.07) is 6.29. The summed E-state index contributed by atoms with van der Waals surface area (Å²) >= 11 is 7.38. The highest BCUT2D eigenvalue weighted by Crippen LogP contribution is 2.23. The number of nitrogens with zero attached hydrogens (tertiary/aromatic N) is 2. The molecular weight excluding hydrogens is 316 g/mol. The number of sulfonamides is 1. The molecule has 0 unspecified atom stereocenters. The van der Waals surface area contributed by atoms with E-state index in [1.807, 2.05) is 12.3 Å². The predicted molar refractivity (Wildman–Crippen MR) is 81.8 cm³/mol. The molecular formula is C13H15ClN2O2S2. The van der Waals surface area contributed by atoms with E-state index in [9.17, 15) is 8.42 Å². The zero-order valence-electron chi connectivity index (χ0n) is 11.2. The Morgan fingerprint density at radius 1 is 1.45 bits per heavy atom. The lowest BCUT2D eigenvalue weighted by molar-refractivity contribution is 0.446. The summed E-state index contributed by atoms with van der Waals surface area (Å²) in [4.78, 5) is 4.42. The zero-order chi connectivity index (χ0) is 14.8. The number of halogens is 1. The van der Waals surface area contributed by atoms with Gasteiger partial charge in [0.2, 0.25) is 10.0 Å². The molecule has 7 heteroatoms. The van der Waals surface area contributed by atoms with Crippen molar-refractivity contribution in [1.29, 1.82) is 0 Å². The van der Waals surface area contributed by atoms with Crippen molar-refractivity contribution in [2.75, 3.05) is 13.6 Å². The van der Waals surface area contributed by atoms with E-state index in [0.29, 0.717) is 11.6 Å². The summed E-state index contributed by atoms with van der Waals surface area (Å²) in [5.74, 6) is 0.0500. The third-order valence-corrected chi connectivity index (χ3v) is 5.97. The molecule has 0 N–H and O–H groups in total. The second kappa shape index (κ2) is 6.22. The molecule has 108 valence electrons. The first-order valence-electron chi connectivity index (χ1n) is 6.02. The fourth-order valence-electron chi connectivity index (χ4n) is 1.85. The molecule has 4 nitrogen and oxygen atoms in total. The molecule has 20 heavy (non-hydrogen) atoms. The van der Waals surface area contributed by atoms with Crippen LogP contribution in [0.5, 0.6) is 0 Å². The zero-order valence-corrected chi connectivity index (χ0v) is 13.5. The number of rotatable bonds is 5. The Labute approximate surface area is 128 Å². The van der Waals surface area contributed by atoms with Gasteiger partial charge < -0.3 is 0 Å². The van der Waals surface area contributed by atoms with Gasteiger partial charge in [-0.1, -0.05) is 24.6 Å². The Balaban J connectivity index is 2.17. The van der Waals surface area contributed by atoms with Crippen molar-refractivity contribution in [2.24, 2.45) is 0 Å². The summed E-state index contributed by atoms with van der Waals surface area (Å²) in [5, 5.41) is 3.22. The molecule has 1 aromatic carbocycles. The van der Waals surface area contributed by atoms with Crippen LogP contribution in [0.4, 0.5) is 0 Å². The average molecular weight is 331 g/mol. The molecule has 1 atom stereocenters. The molecule has 0 fully saturated rings. The van der Waals surface area contributed by atoms with Crippen molar-refractivity contribution in [3.63, 3.8) is 0 Å². The Bertz CT molecular complexity index is 671. The van der Waals surface area contributed by atoms with E-state index in [4.69, 9.17) is 11.6 Å². The van der Waals surface area contributed by atoms with Crippen LogP contribution >= 0.6 is 22.9 Å². The monoisotopic (exact) mass is 330 g/mol. The van der Waals surface area contributed by atoms with Crippen molar-refractivity contribution >= 4 is 33.0 Å². The number of hydrogen-bond acceptors (Lipinski definition) is 4. The van der Waals surface area contributed by atoms with Gasteiger partial charge >= 0.3 is 0 Å². The highest BCUT2D eigenvalue weighted by atomic mass is 35.5. The van der Waals surface area contributed by atoms with Crippen molar-refractivity contribution < 1.29 is 8.42 Å². The molecule has 2 aromatic rings. The highest BCUT2D eigenvalue weighted by molar-refractivity contribution is 7.89. The van der Waals surface area contributed by atoms with Crippen LogP contribution < -0.4 is 0 Å². The van der Waals surface area contributed by atoms with Crippen LogP contribution in [0.3, 0.4) is 0 Å². The molecule has 0 bridgehead atoms.